The first-order valence-corrected chi connectivity index (χ1v) is 6.54. The van der Waals surface area contributed by atoms with E-state index in [1.807, 2.05) is 6.92 Å². The molecule has 102 valence electrons. The first-order chi connectivity index (χ1) is 9.78. The van der Waals surface area contributed by atoms with Gasteiger partial charge in [0, 0.05) is 31.4 Å². The number of hydrogen-bond acceptors (Lipinski definition) is 7. The van der Waals surface area contributed by atoms with Crippen LogP contribution in [0, 0.1) is 18.3 Å². The van der Waals surface area contributed by atoms with Gasteiger partial charge in [0.05, 0.1) is 0 Å². The summed E-state index contributed by atoms with van der Waals surface area (Å²) >= 11 is 0. The average molecular weight is 270 g/mol. The summed E-state index contributed by atoms with van der Waals surface area (Å²) in [7, 11) is 0. The number of anilines is 1. The molecule has 3 heterocycles. The van der Waals surface area contributed by atoms with Crippen LogP contribution in [-0.2, 0) is 0 Å². The standard InChI is InChI=1S/C13H14N6O/c1-9-17-13(20-18-9)10-2-6-19(7-3-10)12-11(8-14)15-4-5-16-12/h4-5,10H,2-3,6-7H2,1H3. The van der Waals surface area contributed by atoms with E-state index < -0.39 is 0 Å². The van der Waals surface area contributed by atoms with Crippen molar-refractivity contribution in [1.82, 2.24) is 20.1 Å². The molecule has 0 N–H and O–H groups in total. The molecule has 3 rings (SSSR count). The van der Waals surface area contributed by atoms with Gasteiger partial charge in [-0.05, 0) is 19.8 Å². The predicted octanol–water partition coefficient (Wildman–Crippen LogP) is 1.42. The van der Waals surface area contributed by atoms with E-state index in [0.717, 1.165) is 25.9 Å². The molecular formula is C13H14N6O. The minimum atomic E-state index is 0.287. The first-order valence-electron chi connectivity index (χ1n) is 6.54. The van der Waals surface area contributed by atoms with Crippen molar-refractivity contribution in [2.45, 2.75) is 25.7 Å². The molecule has 0 amide bonds. The molecule has 1 aliphatic rings. The molecular weight excluding hydrogens is 256 g/mol. The summed E-state index contributed by atoms with van der Waals surface area (Å²) in [4.78, 5) is 14.7. The number of hydrogen-bond donors (Lipinski definition) is 0. The Balaban J connectivity index is 1.71. The van der Waals surface area contributed by atoms with Crippen molar-refractivity contribution in [3.63, 3.8) is 0 Å². The molecule has 0 bridgehead atoms. The van der Waals surface area contributed by atoms with Crippen LogP contribution in [0.5, 0.6) is 0 Å². The fraction of sp³-hybridized carbons (Fsp3) is 0.462. The van der Waals surface area contributed by atoms with E-state index in [2.05, 4.69) is 31.1 Å². The Morgan fingerprint density at radius 3 is 2.70 bits per heavy atom. The van der Waals surface area contributed by atoms with Crippen molar-refractivity contribution < 1.29 is 4.52 Å². The summed E-state index contributed by atoms with van der Waals surface area (Å²) in [6.07, 6.45) is 4.96. The lowest BCUT2D eigenvalue weighted by Gasteiger charge is -2.31. The highest BCUT2D eigenvalue weighted by Gasteiger charge is 2.26. The Morgan fingerprint density at radius 2 is 2.05 bits per heavy atom. The third-order valence-corrected chi connectivity index (χ3v) is 3.47. The van der Waals surface area contributed by atoms with Crippen LogP contribution in [0.2, 0.25) is 0 Å². The van der Waals surface area contributed by atoms with Gasteiger partial charge < -0.3 is 9.42 Å². The Morgan fingerprint density at radius 1 is 1.30 bits per heavy atom. The molecule has 0 aromatic carbocycles. The van der Waals surface area contributed by atoms with Gasteiger partial charge in [0.25, 0.3) is 0 Å². The summed E-state index contributed by atoms with van der Waals surface area (Å²) < 4.78 is 5.23. The zero-order valence-electron chi connectivity index (χ0n) is 11.2. The Kier molecular flexibility index (Phi) is 3.29. The topological polar surface area (TPSA) is 91.7 Å². The van der Waals surface area contributed by atoms with Gasteiger partial charge in [-0.3, -0.25) is 0 Å². The van der Waals surface area contributed by atoms with Crippen molar-refractivity contribution in [2.75, 3.05) is 18.0 Å². The first kappa shape index (κ1) is 12.5. The molecule has 0 spiro atoms. The Hall–Kier alpha value is -2.49. The van der Waals surface area contributed by atoms with Crippen LogP contribution in [0.25, 0.3) is 0 Å². The van der Waals surface area contributed by atoms with E-state index in [1.54, 1.807) is 6.20 Å². The van der Waals surface area contributed by atoms with Gasteiger partial charge in [-0.1, -0.05) is 5.16 Å². The lowest BCUT2D eigenvalue weighted by Crippen LogP contribution is -2.34. The molecule has 7 heteroatoms. The number of aromatic nitrogens is 4. The predicted molar refractivity (Wildman–Crippen MR) is 70.0 cm³/mol. The fourth-order valence-electron chi connectivity index (χ4n) is 2.46. The third kappa shape index (κ3) is 2.32. The zero-order chi connectivity index (χ0) is 13.9. The second-order valence-corrected chi connectivity index (χ2v) is 4.78. The maximum Gasteiger partial charge on any atom is 0.229 e. The fourth-order valence-corrected chi connectivity index (χ4v) is 2.46. The summed E-state index contributed by atoms with van der Waals surface area (Å²) in [6, 6.07) is 2.08. The van der Waals surface area contributed by atoms with E-state index in [0.29, 0.717) is 23.2 Å². The van der Waals surface area contributed by atoms with Crippen LogP contribution >= 0.6 is 0 Å². The SMILES string of the molecule is Cc1noc(C2CCN(c3nccnc3C#N)CC2)n1. The molecule has 1 aliphatic heterocycles. The number of nitrogens with zero attached hydrogens (tertiary/aromatic N) is 6. The molecule has 0 atom stereocenters. The molecule has 2 aromatic heterocycles. The molecule has 2 aromatic rings. The molecule has 0 aliphatic carbocycles. The lowest BCUT2D eigenvalue weighted by atomic mass is 9.96. The van der Waals surface area contributed by atoms with E-state index in [1.165, 1.54) is 6.20 Å². The van der Waals surface area contributed by atoms with Gasteiger partial charge in [-0.25, -0.2) is 9.97 Å². The van der Waals surface area contributed by atoms with E-state index in [9.17, 15) is 0 Å². The highest BCUT2D eigenvalue weighted by molar-refractivity contribution is 5.49. The van der Waals surface area contributed by atoms with Crippen molar-refractivity contribution >= 4 is 5.82 Å². The van der Waals surface area contributed by atoms with Crippen molar-refractivity contribution in [3.8, 4) is 6.07 Å². The smallest absolute Gasteiger partial charge is 0.229 e. The largest absolute Gasteiger partial charge is 0.354 e. The van der Waals surface area contributed by atoms with Gasteiger partial charge in [0.1, 0.15) is 6.07 Å². The quantitative estimate of drug-likeness (QED) is 0.814. The third-order valence-electron chi connectivity index (χ3n) is 3.47. The number of aryl methyl sites for hydroxylation is 1. The molecule has 1 saturated heterocycles. The van der Waals surface area contributed by atoms with Crippen molar-refractivity contribution in [2.24, 2.45) is 0 Å². The Labute approximate surface area is 116 Å². The minimum absolute atomic E-state index is 0.287. The summed E-state index contributed by atoms with van der Waals surface area (Å²) in [5, 5.41) is 12.9. The second-order valence-electron chi connectivity index (χ2n) is 4.78. The number of rotatable bonds is 2. The van der Waals surface area contributed by atoms with Gasteiger partial charge in [-0.15, -0.1) is 0 Å². The summed E-state index contributed by atoms with van der Waals surface area (Å²) in [6.45, 7) is 3.43. The van der Waals surface area contributed by atoms with Crippen molar-refractivity contribution in [3.05, 3.63) is 29.8 Å². The van der Waals surface area contributed by atoms with Crippen LogP contribution in [0.1, 0.15) is 36.2 Å². The monoisotopic (exact) mass is 270 g/mol. The second kappa shape index (κ2) is 5.25. The average Bonchev–Trinajstić information content (AvgIpc) is 2.94. The number of piperidine rings is 1. The highest BCUT2D eigenvalue weighted by Crippen LogP contribution is 2.29. The van der Waals surface area contributed by atoms with Gasteiger partial charge in [0.2, 0.25) is 5.89 Å². The van der Waals surface area contributed by atoms with E-state index in [4.69, 9.17) is 9.78 Å². The number of nitriles is 1. The summed E-state index contributed by atoms with van der Waals surface area (Å²) in [5.74, 6) is 2.33. The summed E-state index contributed by atoms with van der Waals surface area (Å²) in [5.41, 5.74) is 0.375. The van der Waals surface area contributed by atoms with Crippen LogP contribution in [0.4, 0.5) is 5.82 Å². The van der Waals surface area contributed by atoms with Crippen LogP contribution in [0.15, 0.2) is 16.9 Å². The van der Waals surface area contributed by atoms with Gasteiger partial charge in [-0.2, -0.15) is 10.2 Å². The molecule has 0 unspecified atom stereocenters. The molecule has 7 nitrogen and oxygen atoms in total. The molecule has 20 heavy (non-hydrogen) atoms. The maximum absolute atomic E-state index is 9.07. The van der Waals surface area contributed by atoms with Crippen LogP contribution in [0.3, 0.4) is 0 Å². The maximum atomic E-state index is 9.07. The molecule has 1 fully saturated rings. The molecule has 0 saturated carbocycles. The van der Waals surface area contributed by atoms with Gasteiger partial charge >= 0.3 is 0 Å². The Bertz CT molecular complexity index is 638. The molecule has 0 radical (unpaired) electrons. The van der Waals surface area contributed by atoms with E-state index >= 15 is 0 Å². The normalized spacial score (nSPS) is 16.1. The van der Waals surface area contributed by atoms with Crippen molar-refractivity contribution in [1.29, 1.82) is 5.26 Å². The minimum Gasteiger partial charge on any atom is -0.354 e. The lowest BCUT2D eigenvalue weighted by molar-refractivity contribution is 0.327. The zero-order valence-corrected chi connectivity index (χ0v) is 11.2. The van der Waals surface area contributed by atoms with Crippen LogP contribution in [-0.4, -0.2) is 33.2 Å². The highest BCUT2D eigenvalue weighted by atomic mass is 16.5. The van der Waals surface area contributed by atoms with Gasteiger partial charge in [0.15, 0.2) is 17.3 Å². The van der Waals surface area contributed by atoms with E-state index in [-0.39, 0.29) is 5.92 Å². The van der Waals surface area contributed by atoms with Crippen LogP contribution < -0.4 is 4.90 Å².